The predicted molar refractivity (Wildman–Crippen MR) is 153 cm³/mol. The SMILES string of the molecule is Cc1ccc(S(=O)(=O)/N=[Te](\C/C=C/c2ccccc2)c2c[cH-]c(C(C)N(C)C)c2)cc1.[Fe+2].c1cc[cH-]c1. The van der Waals surface area contributed by atoms with Gasteiger partial charge in [-0.05, 0) is 0 Å². The number of allylic oxidation sites excluding steroid dienone is 1. The van der Waals surface area contributed by atoms with Crippen LogP contribution in [0, 0.1) is 6.92 Å². The summed E-state index contributed by atoms with van der Waals surface area (Å²) in [6.45, 7) is 4.09. The van der Waals surface area contributed by atoms with Crippen LogP contribution in [0.1, 0.15) is 29.7 Å². The van der Waals surface area contributed by atoms with E-state index in [0.29, 0.717) is 4.47 Å². The maximum atomic E-state index is 13.1. The van der Waals surface area contributed by atoms with Crippen molar-refractivity contribution in [3.8, 4) is 0 Å². The van der Waals surface area contributed by atoms with Crippen molar-refractivity contribution in [2.24, 2.45) is 2.59 Å². The molecule has 0 aliphatic rings. The maximum Gasteiger partial charge on any atom is 2.00 e. The number of sulfonamides is 1. The molecule has 4 aromatic rings. The molecule has 0 saturated carbocycles. The van der Waals surface area contributed by atoms with Crippen molar-refractivity contribution in [1.29, 1.82) is 0 Å². The minimum absolute atomic E-state index is 0. The molecule has 1 atom stereocenters. The second kappa shape index (κ2) is 15.3. The van der Waals surface area contributed by atoms with Crippen LogP contribution < -0.4 is 3.61 Å². The molecule has 0 bridgehead atoms. The van der Waals surface area contributed by atoms with E-state index in [1.54, 1.807) is 12.1 Å². The summed E-state index contributed by atoms with van der Waals surface area (Å²) in [4.78, 5) is 2.42. The molecule has 37 heavy (non-hydrogen) atoms. The minimum Gasteiger partial charge on any atom is -0.214 e. The Morgan fingerprint density at radius 1 is 1.00 bits per heavy atom. The van der Waals surface area contributed by atoms with Crippen molar-refractivity contribution in [3.63, 3.8) is 0 Å². The first-order valence-electron chi connectivity index (χ1n) is 11.8. The van der Waals surface area contributed by atoms with Gasteiger partial charge in [-0.3, -0.25) is 0 Å². The molecule has 196 valence electrons. The van der Waals surface area contributed by atoms with Crippen molar-refractivity contribution < 1.29 is 25.5 Å². The molecule has 0 aliphatic heterocycles. The van der Waals surface area contributed by atoms with Crippen LogP contribution in [0.25, 0.3) is 6.08 Å². The van der Waals surface area contributed by atoms with Crippen molar-refractivity contribution in [2.45, 2.75) is 29.3 Å². The zero-order valence-corrected chi connectivity index (χ0v) is 25.9. The van der Waals surface area contributed by atoms with Gasteiger partial charge in [0.15, 0.2) is 0 Å². The molecule has 7 heteroatoms. The summed E-state index contributed by atoms with van der Waals surface area (Å²) in [5.74, 6) is 0. The zero-order valence-electron chi connectivity index (χ0n) is 21.6. The minimum atomic E-state index is -3.69. The third kappa shape index (κ3) is 9.94. The largest absolute Gasteiger partial charge is 2.00 e. The van der Waals surface area contributed by atoms with Crippen molar-refractivity contribution in [1.82, 2.24) is 4.90 Å². The number of hydrogen-bond acceptors (Lipinski definition) is 3. The second-order valence-corrected chi connectivity index (χ2v) is 15.9. The average Bonchev–Trinajstić information content (AvgIpc) is 3.59. The first-order chi connectivity index (χ1) is 17.3. The van der Waals surface area contributed by atoms with E-state index in [0.717, 1.165) is 14.7 Å². The van der Waals surface area contributed by atoms with Crippen LogP contribution in [0.2, 0.25) is 4.47 Å². The number of hydrogen-bond donors (Lipinski definition) is 0. The third-order valence-electron chi connectivity index (χ3n) is 5.70. The Morgan fingerprint density at radius 2 is 1.65 bits per heavy atom. The Hall–Kier alpha value is -2.10. The van der Waals surface area contributed by atoms with E-state index >= 15 is 0 Å². The van der Waals surface area contributed by atoms with Crippen LogP contribution in [0.15, 0.2) is 117 Å². The first kappa shape index (κ1) is 31.1. The molecule has 0 fully saturated rings. The maximum absolute atomic E-state index is 13.1. The van der Waals surface area contributed by atoms with Crippen molar-refractivity contribution >= 4 is 39.1 Å². The Morgan fingerprint density at radius 3 is 2.22 bits per heavy atom. The van der Waals surface area contributed by atoms with Crippen LogP contribution in [0.3, 0.4) is 0 Å². The van der Waals surface area contributed by atoms with Gasteiger partial charge in [0, 0.05) is 0 Å². The summed E-state index contributed by atoms with van der Waals surface area (Å²) in [5, 5.41) is 0. The summed E-state index contributed by atoms with van der Waals surface area (Å²) in [7, 11) is 0.400. The summed E-state index contributed by atoms with van der Waals surface area (Å²) >= 11 is -2.54. The molecule has 4 rings (SSSR count). The molecule has 0 amide bonds. The number of rotatable bonds is 8. The van der Waals surface area contributed by atoms with Crippen LogP contribution >= 0.6 is 0 Å². The van der Waals surface area contributed by atoms with E-state index < -0.39 is 29.4 Å². The van der Waals surface area contributed by atoms with Gasteiger partial charge in [-0.1, -0.05) is 0 Å². The Kier molecular flexibility index (Phi) is 12.9. The van der Waals surface area contributed by atoms with E-state index in [4.69, 9.17) is 0 Å². The number of aryl methyl sites for hydroxylation is 1. The topological polar surface area (TPSA) is 49.7 Å². The van der Waals surface area contributed by atoms with Gasteiger partial charge in [0.25, 0.3) is 0 Å². The average molecular weight is 670 g/mol. The third-order valence-corrected chi connectivity index (χ3v) is 13.9. The molecule has 4 aromatic carbocycles. The first-order valence-corrected chi connectivity index (χ1v) is 17.1. The predicted octanol–water partition coefficient (Wildman–Crippen LogP) is 6.31. The van der Waals surface area contributed by atoms with Gasteiger partial charge in [0.05, 0.1) is 0 Å². The quantitative estimate of drug-likeness (QED) is 0.163. The fraction of sp³-hybridized carbons (Fsp3) is 0.200. The molecular weight excluding hydrogens is 636 g/mol. The van der Waals surface area contributed by atoms with Gasteiger partial charge >= 0.3 is 211 Å². The van der Waals surface area contributed by atoms with E-state index in [-0.39, 0.29) is 28.0 Å². The molecule has 1 unspecified atom stereocenters. The van der Waals surface area contributed by atoms with E-state index in [9.17, 15) is 8.42 Å². The van der Waals surface area contributed by atoms with Crippen LogP contribution in [0.5, 0.6) is 0 Å². The van der Waals surface area contributed by atoms with E-state index in [2.05, 4.69) is 38.7 Å². The monoisotopic (exact) mass is 672 g/mol. The summed E-state index contributed by atoms with van der Waals surface area (Å²) < 4.78 is 32.4. The molecular formula is C30H34FeN2O2STe. The van der Waals surface area contributed by atoms with Crippen molar-refractivity contribution in [3.05, 3.63) is 126 Å². The van der Waals surface area contributed by atoms with E-state index in [1.807, 2.05) is 99.9 Å². The fourth-order valence-corrected chi connectivity index (χ4v) is 11.1. The Labute approximate surface area is 239 Å². The van der Waals surface area contributed by atoms with E-state index in [1.165, 1.54) is 5.56 Å². The van der Waals surface area contributed by atoms with Gasteiger partial charge in [-0.25, -0.2) is 12.1 Å². The van der Waals surface area contributed by atoms with Crippen LogP contribution in [0.4, 0.5) is 0 Å². The molecule has 0 N–H and O–H groups in total. The normalized spacial score (nSPS) is 13.1. The van der Waals surface area contributed by atoms with Crippen LogP contribution in [-0.2, 0) is 27.1 Å². The summed E-state index contributed by atoms with van der Waals surface area (Å²) in [6, 6.07) is 33.6. The smallest absolute Gasteiger partial charge is 0.214 e. The zero-order chi connectivity index (χ0) is 26.0. The molecule has 0 heterocycles. The molecule has 0 saturated heterocycles. The molecule has 0 aliphatic carbocycles. The van der Waals surface area contributed by atoms with Gasteiger partial charge in [-0.15, -0.1) is 0 Å². The van der Waals surface area contributed by atoms with Crippen LogP contribution in [-0.4, -0.2) is 46.8 Å². The Balaban J connectivity index is 0.000000716. The number of nitrogens with zero attached hydrogens (tertiary/aromatic N) is 2. The molecule has 4 nitrogen and oxygen atoms in total. The standard InChI is InChI=1S/C25H29N2O2STe.C5H5.Fe/c1-20-12-15-24(16-13-20)30(28,29)26-31(18-8-11-22-9-6-5-7-10-22)25-17-14-23(19-25)21(2)27(3)4;1-2-4-5-3-1;/h5-17,19,21H,18H2,1-4H3;1-5H;/q2*-1;+2/b11-8+;;. The second-order valence-electron chi connectivity index (χ2n) is 8.69. The van der Waals surface area contributed by atoms with Gasteiger partial charge in [0.1, 0.15) is 0 Å². The molecule has 0 radical (unpaired) electrons. The summed E-state index contributed by atoms with van der Waals surface area (Å²) in [5.41, 5.74) is 3.33. The van der Waals surface area contributed by atoms with Gasteiger partial charge < -0.3 is 0 Å². The van der Waals surface area contributed by atoms with Gasteiger partial charge in [0.2, 0.25) is 0 Å². The number of benzene rings is 2. The van der Waals surface area contributed by atoms with Crippen molar-refractivity contribution in [2.75, 3.05) is 14.1 Å². The van der Waals surface area contributed by atoms with Gasteiger partial charge in [-0.2, -0.15) is 18.2 Å². The summed E-state index contributed by atoms with van der Waals surface area (Å²) in [6.07, 6.45) is 4.12. The molecule has 0 aromatic heterocycles. The fourth-order valence-electron chi connectivity index (χ4n) is 3.35. The molecule has 0 spiro atoms. The Bertz CT molecular complexity index is 1340.